The third kappa shape index (κ3) is 11.1. The molecule has 2 fully saturated rings. The van der Waals surface area contributed by atoms with Gasteiger partial charge >= 0.3 is 0 Å². The number of ether oxygens (including phenoxy) is 7. The van der Waals surface area contributed by atoms with Crippen LogP contribution in [0.15, 0.2) is 164 Å². The minimum absolute atomic E-state index is 0.0500. The summed E-state index contributed by atoms with van der Waals surface area (Å²) in [5.74, 6) is -1.32. The third-order valence-corrected chi connectivity index (χ3v) is 11.6. The average Bonchev–Trinajstić information content (AvgIpc) is 3.83. The quantitative estimate of drug-likeness (QED) is 0.0863. The Morgan fingerprint density at radius 3 is 1.76 bits per heavy atom. The molecular formula is C53H53ClO8. The molecule has 0 spiro atoms. The van der Waals surface area contributed by atoms with Crippen molar-refractivity contribution in [3.05, 3.63) is 214 Å². The highest BCUT2D eigenvalue weighted by atomic mass is 35.5. The lowest BCUT2D eigenvalue weighted by Crippen LogP contribution is -2.65. The molecule has 6 aromatic rings. The number of hydrogen-bond donors (Lipinski definition) is 1. The Balaban J connectivity index is 1.19. The van der Waals surface area contributed by atoms with Crippen LogP contribution in [0.4, 0.5) is 0 Å². The van der Waals surface area contributed by atoms with Crippen LogP contribution in [0.3, 0.4) is 0 Å². The summed E-state index contributed by atoms with van der Waals surface area (Å²) < 4.78 is 45.7. The zero-order valence-electron chi connectivity index (χ0n) is 34.7. The summed E-state index contributed by atoms with van der Waals surface area (Å²) in [6.45, 7) is 6.51. The lowest BCUT2D eigenvalue weighted by molar-refractivity contribution is -0.378. The van der Waals surface area contributed by atoms with Gasteiger partial charge in [0.25, 0.3) is 0 Å². The van der Waals surface area contributed by atoms with Gasteiger partial charge in [0.1, 0.15) is 36.3 Å². The first-order chi connectivity index (χ1) is 30.4. The topological polar surface area (TPSA) is 84.8 Å². The zero-order valence-corrected chi connectivity index (χ0v) is 35.5. The smallest absolute Gasteiger partial charge is 0.223 e. The summed E-state index contributed by atoms with van der Waals surface area (Å²) in [7, 11) is 0. The first-order valence-corrected chi connectivity index (χ1v) is 21.6. The highest BCUT2D eigenvalue weighted by Gasteiger charge is 2.58. The van der Waals surface area contributed by atoms with Crippen LogP contribution in [-0.2, 0) is 67.1 Å². The molecule has 0 unspecified atom stereocenters. The van der Waals surface area contributed by atoms with E-state index in [1.165, 1.54) is 0 Å². The van der Waals surface area contributed by atoms with Crippen molar-refractivity contribution in [2.75, 3.05) is 19.8 Å². The predicted molar refractivity (Wildman–Crippen MR) is 241 cm³/mol. The lowest BCUT2D eigenvalue weighted by Gasteiger charge is -2.51. The van der Waals surface area contributed by atoms with Gasteiger partial charge in [-0.2, -0.15) is 0 Å². The van der Waals surface area contributed by atoms with Gasteiger partial charge in [0.15, 0.2) is 0 Å². The second-order valence-corrected chi connectivity index (χ2v) is 16.2. The molecule has 0 aliphatic carbocycles. The Hall–Kier alpha value is -5.13. The van der Waals surface area contributed by atoms with E-state index in [0.717, 1.165) is 45.6 Å². The summed E-state index contributed by atoms with van der Waals surface area (Å²) in [5, 5.41) is 14.1. The van der Waals surface area contributed by atoms with Crippen molar-refractivity contribution >= 4 is 17.7 Å². The fourth-order valence-electron chi connectivity index (χ4n) is 8.02. The van der Waals surface area contributed by atoms with Gasteiger partial charge in [0, 0.05) is 17.0 Å². The Morgan fingerprint density at radius 2 is 1.21 bits per heavy atom. The summed E-state index contributed by atoms with van der Waals surface area (Å²) in [6.07, 6.45) is -0.461. The van der Waals surface area contributed by atoms with Gasteiger partial charge in [-0.15, -0.1) is 0 Å². The van der Waals surface area contributed by atoms with Crippen LogP contribution < -0.4 is 4.74 Å². The van der Waals surface area contributed by atoms with E-state index in [1.807, 2.05) is 158 Å². The molecule has 62 heavy (non-hydrogen) atoms. The van der Waals surface area contributed by atoms with Crippen LogP contribution >= 0.6 is 11.6 Å². The Kier molecular flexibility index (Phi) is 14.9. The van der Waals surface area contributed by atoms with Crippen molar-refractivity contribution in [3.8, 4) is 5.75 Å². The van der Waals surface area contributed by atoms with E-state index in [4.69, 9.17) is 44.8 Å². The normalized spacial score (nSPS) is 22.3. The third-order valence-electron chi connectivity index (χ3n) is 11.3. The fraction of sp³-hybridized carbons (Fsp3) is 0.283. The van der Waals surface area contributed by atoms with E-state index in [1.54, 1.807) is 6.08 Å². The monoisotopic (exact) mass is 852 g/mol. The van der Waals surface area contributed by atoms with Crippen LogP contribution in [-0.4, -0.2) is 55.4 Å². The van der Waals surface area contributed by atoms with Crippen LogP contribution in [0.25, 0.3) is 6.08 Å². The van der Waals surface area contributed by atoms with E-state index >= 15 is 0 Å². The molecule has 9 heteroatoms. The molecule has 0 amide bonds. The molecule has 0 radical (unpaired) electrons. The molecule has 0 saturated carbocycles. The molecule has 2 saturated heterocycles. The lowest BCUT2D eigenvalue weighted by atomic mass is 9.84. The molecule has 8 nitrogen and oxygen atoms in total. The SMILES string of the molecule is C=Cc1cc(Cl)c(Cc2ccc(O[C@H]3CCOC3)cc2)cc1[C@]1(O)O[C@H](COCc2ccccc2)[C@@H](OCc2ccccc2)[C@H](OCc2ccccc2)[C@H]1OCc1ccccc1. The molecular weight excluding hydrogens is 800 g/mol. The Labute approximate surface area is 369 Å². The number of aliphatic hydroxyl groups is 1. The standard InChI is InChI=1S/C53H53ClO8/c1-2-43-31-48(54)44(29-38-23-25-45(26-24-38)61-46-27-28-56-36-46)30-47(43)53(55)52(60-35-42-21-13-6-14-22-42)51(59-34-41-19-11-5-12-20-41)50(58-33-40-17-9-4-10-18-40)49(62-53)37-57-32-39-15-7-3-8-16-39/h2-26,30-31,46,49-52,55H,1,27-29,32-37H2/t46-,49+,50+,51-,52+,53-/m0/s1. The number of rotatable bonds is 19. The first-order valence-electron chi connectivity index (χ1n) is 21.2. The number of halogens is 1. The van der Waals surface area contributed by atoms with Gasteiger partial charge in [-0.25, -0.2) is 0 Å². The number of benzene rings is 6. The molecule has 2 aliphatic heterocycles. The Morgan fingerprint density at radius 1 is 0.661 bits per heavy atom. The molecule has 6 atom stereocenters. The van der Waals surface area contributed by atoms with Gasteiger partial charge in [0.2, 0.25) is 5.79 Å². The maximum Gasteiger partial charge on any atom is 0.223 e. The van der Waals surface area contributed by atoms with Crippen molar-refractivity contribution in [3.63, 3.8) is 0 Å². The number of hydrogen-bond acceptors (Lipinski definition) is 8. The molecule has 2 aliphatic rings. The van der Waals surface area contributed by atoms with Gasteiger partial charge in [-0.3, -0.25) is 0 Å². The maximum absolute atomic E-state index is 13.5. The second kappa shape index (κ2) is 21.3. The molecule has 1 N–H and O–H groups in total. The van der Waals surface area contributed by atoms with Crippen molar-refractivity contribution in [1.82, 2.24) is 0 Å². The maximum atomic E-state index is 13.5. The molecule has 320 valence electrons. The van der Waals surface area contributed by atoms with Crippen molar-refractivity contribution in [2.24, 2.45) is 0 Å². The minimum atomic E-state index is -2.10. The van der Waals surface area contributed by atoms with Crippen molar-refractivity contribution in [1.29, 1.82) is 0 Å². The van der Waals surface area contributed by atoms with Crippen LogP contribution in [0, 0.1) is 0 Å². The van der Waals surface area contributed by atoms with Crippen LogP contribution in [0.5, 0.6) is 5.75 Å². The fourth-order valence-corrected chi connectivity index (χ4v) is 8.26. The van der Waals surface area contributed by atoms with E-state index in [0.29, 0.717) is 42.4 Å². The van der Waals surface area contributed by atoms with E-state index in [-0.39, 0.29) is 32.5 Å². The minimum Gasteiger partial charge on any atom is -0.488 e. The van der Waals surface area contributed by atoms with E-state index < -0.39 is 30.2 Å². The van der Waals surface area contributed by atoms with Gasteiger partial charge in [-0.05, 0) is 69.6 Å². The highest BCUT2D eigenvalue weighted by molar-refractivity contribution is 6.31. The summed E-state index contributed by atoms with van der Waals surface area (Å²) in [4.78, 5) is 0. The molecule has 2 heterocycles. The van der Waals surface area contributed by atoms with E-state index in [9.17, 15) is 5.11 Å². The largest absolute Gasteiger partial charge is 0.488 e. The van der Waals surface area contributed by atoms with Crippen molar-refractivity contribution < 1.29 is 38.3 Å². The van der Waals surface area contributed by atoms with Gasteiger partial charge in [-0.1, -0.05) is 158 Å². The van der Waals surface area contributed by atoms with Crippen LogP contribution in [0.2, 0.25) is 5.02 Å². The highest BCUT2D eigenvalue weighted by Crippen LogP contribution is 2.44. The second-order valence-electron chi connectivity index (χ2n) is 15.8. The molecule has 8 rings (SSSR count). The first kappa shape index (κ1) is 43.5. The van der Waals surface area contributed by atoms with Gasteiger partial charge < -0.3 is 38.3 Å². The van der Waals surface area contributed by atoms with Gasteiger partial charge in [0.05, 0.1) is 46.2 Å². The van der Waals surface area contributed by atoms with Crippen LogP contribution in [0.1, 0.15) is 50.9 Å². The summed E-state index contributed by atoms with van der Waals surface area (Å²) >= 11 is 7.06. The molecule has 0 aromatic heterocycles. The molecule has 6 aromatic carbocycles. The Bertz CT molecular complexity index is 2290. The zero-order chi connectivity index (χ0) is 42.6. The molecule has 0 bridgehead atoms. The van der Waals surface area contributed by atoms with E-state index in [2.05, 4.69) is 6.58 Å². The summed E-state index contributed by atoms with van der Waals surface area (Å²) in [6, 6.07) is 51.4. The average molecular weight is 853 g/mol. The predicted octanol–water partition coefficient (Wildman–Crippen LogP) is 10.3. The summed E-state index contributed by atoms with van der Waals surface area (Å²) in [5.41, 5.74) is 6.68. The van der Waals surface area contributed by atoms with Crippen molar-refractivity contribution in [2.45, 2.75) is 75.6 Å².